The summed E-state index contributed by atoms with van der Waals surface area (Å²) in [6.07, 6.45) is 0.443. The lowest BCUT2D eigenvalue weighted by molar-refractivity contribution is -0.147. The molecule has 16 heavy (non-hydrogen) atoms. The number of rotatable bonds is 6. The van der Waals surface area contributed by atoms with Crippen LogP contribution in [0.1, 0.15) is 20.3 Å². The molecule has 1 fully saturated rings. The number of carbonyl (C=O) groups excluding carboxylic acids is 1. The molecule has 0 bridgehead atoms. The monoisotopic (exact) mass is 229 g/mol. The fraction of sp³-hybridized carbons (Fsp3) is 0.818. The molecule has 1 aliphatic rings. The standard InChI is InChI=1S/C11H19NO4/c1-7(2)11(10(14)15)6-8(11)9(13)12-4-5-16-3/h7-8H,4-6H2,1-3H3,(H,12,13)(H,14,15). The quantitative estimate of drug-likeness (QED) is 0.650. The van der Waals surface area contributed by atoms with Gasteiger partial charge in [-0.15, -0.1) is 0 Å². The van der Waals surface area contributed by atoms with Crippen molar-refractivity contribution in [3.63, 3.8) is 0 Å². The normalized spacial score (nSPS) is 27.9. The summed E-state index contributed by atoms with van der Waals surface area (Å²) in [7, 11) is 1.55. The van der Waals surface area contributed by atoms with Gasteiger partial charge in [0.25, 0.3) is 0 Å². The fourth-order valence-electron chi connectivity index (χ4n) is 2.13. The maximum Gasteiger partial charge on any atom is 0.310 e. The summed E-state index contributed by atoms with van der Waals surface area (Å²) >= 11 is 0. The van der Waals surface area contributed by atoms with E-state index in [0.717, 1.165) is 0 Å². The van der Waals surface area contributed by atoms with Crippen molar-refractivity contribution in [2.75, 3.05) is 20.3 Å². The first kappa shape index (κ1) is 13.0. The predicted molar refractivity (Wildman–Crippen MR) is 57.9 cm³/mol. The molecule has 0 aromatic heterocycles. The first-order valence-electron chi connectivity index (χ1n) is 5.46. The van der Waals surface area contributed by atoms with Crippen LogP contribution in [0.25, 0.3) is 0 Å². The molecule has 0 spiro atoms. The van der Waals surface area contributed by atoms with Gasteiger partial charge in [-0.3, -0.25) is 9.59 Å². The Hall–Kier alpha value is -1.10. The van der Waals surface area contributed by atoms with Crippen LogP contribution in [0.4, 0.5) is 0 Å². The summed E-state index contributed by atoms with van der Waals surface area (Å²) < 4.78 is 4.81. The van der Waals surface area contributed by atoms with Crippen molar-refractivity contribution >= 4 is 11.9 Å². The van der Waals surface area contributed by atoms with Gasteiger partial charge in [-0.1, -0.05) is 13.8 Å². The molecule has 0 saturated heterocycles. The topological polar surface area (TPSA) is 75.6 Å². The molecule has 5 heteroatoms. The number of carbonyl (C=O) groups is 2. The van der Waals surface area contributed by atoms with E-state index in [0.29, 0.717) is 19.6 Å². The highest BCUT2D eigenvalue weighted by Crippen LogP contribution is 2.58. The Morgan fingerprint density at radius 1 is 1.56 bits per heavy atom. The van der Waals surface area contributed by atoms with Gasteiger partial charge in [0.2, 0.25) is 5.91 Å². The van der Waals surface area contributed by atoms with E-state index in [1.54, 1.807) is 7.11 Å². The highest BCUT2D eigenvalue weighted by Gasteiger charge is 2.65. The number of nitrogens with one attached hydrogen (secondary N) is 1. The van der Waals surface area contributed by atoms with Crippen LogP contribution in [0.15, 0.2) is 0 Å². The molecular weight excluding hydrogens is 210 g/mol. The minimum Gasteiger partial charge on any atom is -0.481 e. The number of methoxy groups -OCH3 is 1. The molecule has 2 unspecified atom stereocenters. The van der Waals surface area contributed by atoms with Gasteiger partial charge in [0.15, 0.2) is 0 Å². The molecule has 2 N–H and O–H groups in total. The minimum atomic E-state index is -0.866. The first-order chi connectivity index (χ1) is 7.46. The highest BCUT2D eigenvalue weighted by molar-refractivity contribution is 5.92. The second-order valence-electron chi connectivity index (χ2n) is 4.54. The lowest BCUT2D eigenvalue weighted by Crippen LogP contribution is -2.34. The molecule has 1 rings (SSSR count). The lowest BCUT2D eigenvalue weighted by atomic mass is 9.89. The molecule has 0 aromatic rings. The predicted octanol–water partition coefficient (Wildman–Crippen LogP) is 0.496. The van der Waals surface area contributed by atoms with Crippen molar-refractivity contribution in [2.45, 2.75) is 20.3 Å². The van der Waals surface area contributed by atoms with Crippen LogP contribution in [0.5, 0.6) is 0 Å². The molecule has 2 atom stereocenters. The molecular formula is C11H19NO4. The Kier molecular flexibility index (Phi) is 3.91. The molecule has 1 aliphatic carbocycles. The third-order valence-electron chi connectivity index (χ3n) is 3.35. The van der Waals surface area contributed by atoms with Crippen LogP contribution in [-0.2, 0) is 14.3 Å². The number of aliphatic carboxylic acids is 1. The van der Waals surface area contributed by atoms with Gasteiger partial charge in [-0.25, -0.2) is 0 Å². The van der Waals surface area contributed by atoms with E-state index >= 15 is 0 Å². The van der Waals surface area contributed by atoms with E-state index < -0.39 is 11.4 Å². The number of carboxylic acid groups (broad SMARTS) is 1. The maximum atomic E-state index is 11.7. The van der Waals surface area contributed by atoms with Gasteiger partial charge in [0.1, 0.15) is 0 Å². The largest absolute Gasteiger partial charge is 0.481 e. The van der Waals surface area contributed by atoms with Gasteiger partial charge in [-0.05, 0) is 12.3 Å². The van der Waals surface area contributed by atoms with Gasteiger partial charge >= 0.3 is 5.97 Å². The Bertz CT molecular complexity index is 290. The average molecular weight is 229 g/mol. The number of carboxylic acids is 1. The van der Waals surface area contributed by atoms with E-state index in [9.17, 15) is 9.59 Å². The number of ether oxygens (including phenoxy) is 1. The van der Waals surface area contributed by atoms with E-state index in [1.165, 1.54) is 0 Å². The summed E-state index contributed by atoms with van der Waals surface area (Å²) in [5.74, 6) is -1.45. The van der Waals surface area contributed by atoms with Crippen molar-refractivity contribution < 1.29 is 19.4 Å². The SMILES string of the molecule is COCCNC(=O)C1CC1(C(=O)O)C(C)C. The molecule has 5 nitrogen and oxygen atoms in total. The van der Waals surface area contributed by atoms with Gasteiger partial charge in [0.05, 0.1) is 17.9 Å². The molecule has 0 aliphatic heterocycles. The molecule has 1 amide bonds. The molecule has 0 radical (unpaired) electrons. The second kappa shape index (κ2) is 4.82. The molecule has 92 valence electrons. The Morgan fingerprint density at radius 3 is 2.56 bits per heavy atom. The zero-order valence-corrected chi connectivity index (χ0v) is 9.95. The second-order valence-corrected chi connectivity index (χ2v) is 4.54. The van der Waals surface area contributed by atoms with Gasteiger partial charge in [0, 0.05) is 13.7 Å². The van der Waals surface area contributed by atoms with E-state index in [2.05, 4.69) is 5.32 Å². The Morgan fingerprint density at radius 2 is 2.19 bits per heavy atom. The first-order valence-corrected chi connectivity index (χ1v) is 5.46. The highest BCUT2D eigenvalue weighted by atomic mass is 16.5. The molecule has 1 saturated carbocycles. The van der Waals surface area contributed by atoms with Crippen LogP contribution in [-0.4, -0.2) is 37.2 Å². The molecule has 0 aromatic carbocycles. The third kappa shape index (κ3) is 2.19. The van der Waals surface area contributed by atoms with Crippen molar-refractivity contribution in [1.29, 1.82) is 0 Å². The van der Waals surface area contributed by atoms with Crippen LogP contribution in [0.3, 0.4) is 0 Å². The number of hydrogen-bond donors (Lipinski definition) is 2. The lowest BCUT2D eigenvalue weighted by Gasteiger charge is -2.16. The maximum absolute atomic E-state index is 11.7. The fourth-order valence-corrected chi connectivity index (χ4v) is 2.13. The van der Waals surface area contributed by atoms with Gasteiger partial charge in [-0.2, -0.15) is 0 Å². The van der Waals surface area contributed by atoms with Crippen LogP contribution >= 0.6 is 0 Å². The van der Waals surface area contributed by atoms with Crippen molar-refractivity contribution in [3.8, 4) is 0 Å². The Balaban J connectivity index is 2.52. The smallest absolute Gasteiger partial charge is 0.310 e. The van der Waals surface area contributed by atoms with E-state index in [1.807, 2.05) is 13.8 Å². The van der Waals surface area contributed by atoms with E-state index in [4.69, 9.17) is 9.84 Å². The zero-order valence-electron chi connectivity index (χ0n) is 9.95. The van der Waals surface area contributed by atoms with Crippen molar-refractivity contribution in [1.82, 2.24) is 5.32 Å². The summed E-state index contributed by atoms with van der Waals surface area (Å²) in [6, 6.07) is 0. The Labute approximate surface area is 95.2 Å². The van der Waals surface area contributed by atoms with Crippen LogP contribution in [0, 0.1) is 17.3 Å². The third-order valence-corrected chi connectivity index (χ3v) is 3.35. The van der Waals surface area contributed by atoms with Crippen molar-refractivity contribution in [2.24, 2.45) is 17.3 Å². The number of hydrogen-bond acceptors (Lipinski definition) is 3. The molecule has 0 heterocycles. The summed E-state index contributed by atoms with van der Waals surface area (Å²) in [5.41, 5.74) is -0.850. The van der Waals surface area contributed by atoms with Crippen LogP contribution < -0.4 is 5.32 Å². The van der Waals surface area contributed by atoms with Gasteiger partial charge < -0.3 is 15.2 Å². The number of amides is 1. The summed E-state index contributed by atoms with van der Waals surface area (Å²) in [6.45, 7) is 4.56. The average Bonchev–Trinajstić information content (AvgIpc) is 2.94. The van der Waals surface area contributed by atoms with Crippen molar-refractivity contribution in [3.05, 3.63) is 0 Å². The zero-order chi connectivity index (χ0) is 12.3. The van der Waals surface area contributed by atoms with Crippen LogP contribution in [0.2, 0.25) is 0 Å². The summed E-state index contributed by atoms with van der Waals surface area (Å²) in [5, 5.41) is 11.8. The summed E-state index contributed by atoms with van der Waals surface area (Å²) in [4.78, 5) is 22.8. The minimum absolute atomic E-state index is 0.0248. The van der Waals surface area contributed by atoms with E-state index in [-0.39, 0.29) is 17.7 Å².